The Hall–Kier alpha value is -1.20. The first kappa shape index (κ1) is 13.2. The second-order valence-electron chi connectivity index (χ2n) is 3.71. The number of methoxy groups -OCH3 is 1. The molecule has 0 aliphatic rings. The molecule has 1 aromatic heterocycles. The van der Waals surface area contributed by atoms with Gasteiger partial charge in [0.2, 0.25) is 5.78 Å². The molecule has 0 radical (unpaired) electrons. The molecule has 2 rings (SSSR count). The lowest BCUT2D eigenvalue weighted by atomic mass is 10.1. The van der Waals surface area contributed by atoms with E-state index in [1.807, 2.05) is 6.92 Å². The van der Waals surface area contributed by atoms with Crippen LogP contribution in [0, 0.1) is 12.7 Å². The van der Waals surface area contributed by atoms with Crippen LogP contribution in [-0.2, 0) is 0 Å². The molecule has 0 spiro atoms. The Morgan fingerprint density at radius 1 is 1.44 bits per heavy atom. The lowest BCUT2D eigenvalue weighted by Crippen LogP contribution is -2.05. The first-order valence-corrected chi connectivity index (χ1v) is 6.78. The van der Waals surface area contributed by atoms with Gasteiger partial charge in [0.05, 0.1) is 15.8 Å². The zero-order valence-electron chi connectivity index (χ0n) is 9.79. The van der Waals surface area contributed by atoms with Crippen LogP contribution in [-0.4, -0.2) is 12.9 Å². The first-order valence-electron chi connectivity index (χ1n) is 5.17. The summed E-state index contributed by atoms with van der Waals surface area (Å²) in [6.45, 7) is 1.88. The number of carbonyl (C=O) groups excluding carboxylic acids is 1. The number of thiophene rings is 1. The molecule has 0 fully saturated rings. The molecule has 1 aromatic carbocycles. The molecule has 5 heteroatoms. The van der Waals surface area contributed by atoms with E-state index in [4.69, 9.17) is 4.74 Å². The Labute approximate surface area is 117 Å². The Balaban J connectivity index is 2.52. The van der Waals surface area contributed by atoms with Crippen LogP contribution in [0.5, 0.6) is 5.75 Å². The number of ketones is 1. The summed E-state index contributed by atoms with van der Waals surface area (Å²) >= 11 is 4.64. The first-order chi connectivity index (χ1) is 8.54. The molecule has 0 atom stereocenters. The van der Waals surface area contributed by atoms with Crippen LogP contribution in [0.2, 0.25) is 0 Å². The van der Waals surface area contributed by atoms with E-state index in [9.17, 15) is 9.18 Å². The van der Waals surface area contributed by atoms with E-state index in [1.54, 1.807) is 12.1 Å². The Bertz CT molecular complexity index is 588. The number of hydrogen-bond donors (Lipinski definition) is 0. The van der Waals surface area contributed by atoms with Crippen molar-refractivity contribution >= 4 is 33.0 Å². The summed E-state index contributed by atoms with van der Waals surface area (Å²) in [7, 11) is 1.42. The van der Waals surface area contributed by atoms with Gasteiger partial charge in [-0.3, -0.25) is 4.79 Å². The van der Waals surface area contributed by atoms with E-state index in [0.717, 1.165) is 9.35 Å². The van der Waals surface area contributed by atoms with Crippen molar-refractivity contribution in [3.05, 3.63) is 49.9 Å². The molecule has 1 heterocycles. The maximum atomic E-state index is 13.8. The van der Waals surface area contributed by atoms with Gasteiger partial charge in [-0.05, 0) is 46.6 Å². The van der Waals surface area contributed by atoms with Crippen molar-refractivity contribution in [1.82, 2.24) is 0 Å². The standard InChI is InChI=1S/C13H10BrFO2S/c1-7-6-10(18-13(7)14)12(16)11-8(15)4-3-5-9(11)17-2/h3-6H,1-2H3. The van der Waals surface area contributed by atoms with Gasteiger partial charge in [0.25, 0.3) is 0 Å². The molecule has 0 aliphatic carbocycles. The van der Waals surface area contributed by atoms with Crippen LogP contribution in [0.4, 0.5) is 4.39 Å². The molecule has 0 N–H and O–H groups in total. The van der Waals surface area contributed by atoms with Gasteiger partial charge in [-0.1, -0.05) is 6.07 Å². The highest BCUT2D eigenvalue weighted by molar-refractivity contribution is 9.11. The molecule has 0 saturated heterocycles. The summed E-state index contributed by atoms with van der Waals surface area (Å²) in [6.07, 6.45) is 0. The molecule has 0 aliphatic heterocycles. The van der Waals surface area contributed by atoms with Gasteiger partial charge in [0.15, 0.2) is 0 Å². The van der Waals surface area contributed by atoms with Crippen molar-refractivity contribution in [2.24, 2.45) is 0 Å². The monoisotopic (exact) mass is 328 g/mol. The van der Waals surface area contributed by atoms with E-state index in [0.29, 0.717) is 4.88 Å². The van der Waals surface area contributed by atoms with Gasteiger partial charge < -0.3 is 4.74 Å². The SMILES string of the molecule is COc1cccc(F)c1C(=O)c1cc(C)c(Br)s1. The second-order valence-corrected chi connectivity index (χ2v) is 6.08. The predicted octanol–water partition coefficient (Wildman–Crippen LogP) is 4.20. The van der Waals surface area contributed by atoms with Crippen molar-refractivity contribution in [2.75, 3.05) is 7.11 Å². The maximum Gasteiger partial charge on any atom is 0.209 e. The van der Waals surface area contributed by atoms with Crippen LogP contribution in [0.3, 0.4) is 0 Å². The third kappa shape index (κ3) is 2.33. The third-order valence-electron chi connectivity index (χ3n) is 2.50. The largest absolute Gasteiger partial charge is 0.496 e. The summed E-state index contributed by atoms with van der Waals surface area (Å²) in [6, 6.07) is 6.08. The van der Waals surface area contributed by atoms with Gasteiger partial charge in [-0.25, -0.2) is 4.39 Å². The molecule has 2 aromatic rings. The van der Waals surface area contributed by atoms with Crippen LogP contribution in [0.25, 0.3) is 0 Å². The number of aryl methyl sites for hydroxylation is 1. The van der Waals surface area contributed by atoms with E-state index < -0.39 is 5.82 Å². The number of carbonyl (C=O) groups is 1. The minimum absolute atomic E-state index is 0.0197. The van der Waals surface area contributed by atoms with Gasteiger partial charge in [-0.2, -0.15) is 0 Å². The van der Waals surface area contributed by atoms with Gasteiger partial charge >= 0.3 is 0 Å². The predicted molar refractivity (Wildman–Crippen MR) is 73.1 cm³/mol. The summed E-state index contributed by atoms with van der Waals surface area (Å²) in [5, 5.41) is 0. The summed E-state index contributed by atoms with van der Waals surface area (Å²) in [4.78, 5) is 12.8. The lowest BCUT2D eigenvalue weighted by Gasteiger charge is -2.07. The molecule has 2 nitrogen and oxygen atoms in total. The summed E-state index contributed by atoms with van der Waals surface area (Å²) < 4.78 is 19.7. The lowest BCUT2D eigenvalue weighted by molar-refractivity contribution is 0.103. The van der Waals surface area contributed by atoms with Gasteiger partial charge in [0, 0.05) is 0 Å². The highest BCUT2D eigenvalue weighted by Gasteiger charge is 2.21. The van der Waals surface area contributed by atoms with Gasteiger partial charge in [-0.15, -0.1) is 11.3 Å². The zero-order valence-corrected chi connectivity index (χ0v) is 12.2. The van der Waals surface area contributed by atoms with E-state index in [-0.39, 0.29) is 17.1 Å². The fraction of sp³-hybridized carbons (Fsp3) is 0.154. The maximum absolute atomic E-state index is 13.8. The average molecular weight is 329 g/mol. The minimum atomic E-state index is -0.568. The van der Waals surface area contributed by atoms with E-state index in [2.05, 4.69) is 15.9 Å². The van der Waals surface area contributed by atoms with Crippen LogP contribution < -0.4 is 4.74 Å². The van der Waals surface area contributed by atoms with Gasteiger partial charge in [0.1, 0.15) is 17.1 Å². The quantitative estimate of drug-likeness (QED) is 0.789. The normalized spacial score (nSPS) is 10.4. The minimum Gasteiger partial charge on any atom is -0.496 e. The molecular formula is C13H10BrFO2S. The highest BCUT2D eigenvalue weighted by atomic mass is 79.9. The van der Waals surface area contributed by atoms with Crippen molar-refractivity contribution < 1.29 is 13.9 Å². The highest BCUT2D eigenvalue weighted by Crippen LogP contribution is 2.31. The average Bonchev–Trinajstić information content (AvgIpc) is 2.68. The van der Waals surface area contributed by atoms with Crippen molar-refractivity contribution in [2.45, 2.75) is 6.92 Å². The molecule has 0 bridgehead atoms. The number of benzene rings is 1. The molecule has 0 unspecified atom stereocenters. The molecule has 94 valence electrons. The Morgan fingerprint density at radius 2 is 2.17 bits per heavy atom. The smallest absolute Gasteiger partial charge is 0.209 e. The van der Waals surface area contributed by atoms with Crippen molar-refractivity contribution in [1.29, 1.82) is 0 Å². The topological polar surface area (TPSA) is 26.3 Å². The number of ether oxygens (including phenoxy) is 1. The number of hydrogen-bond acceptors (Lipinski definition) is 3. The Morgan fingerprint density at radius 3 is 2.72 bits per heavy atom. The van der Waals surface area contributed by atoms with Crippen LogP contribution >= 0.6 is 27.3 Å². The number of rotatable bonds is 3. The molecule has 0 saturated carbocycles. The summed E-state index contributed by atoms with van der Waals surface area (Å²) in [5.41, 5.74) is 0.937. The fourth-order valence-electron chi connectivity index (χ4n) is 1.59. The van der Waals surface area contributed by atoms with E-state index in [1.165, 1.54) is 30.6 Å². The van der Waals surface area contributed by atoms with Crippen LogP contribution in [0.1, 0.15) is 20.8 Å². The molecule has 18 heavy (non-hydrogen) atoms. The number of halogens is 2. The van der Waals surface area contributed by atoms with Crippen molar-refractivity contribution in [3.8, 4) is 5.75 Å². The molecular weight excluding hydrogens is 319 g/mol. The zero-order chi connectivity index (χ0) is 13.3. The molecule has 0 amide bonds. The van der Waals surface area contributed by atoms with E-state index >= 15 is 0 Å². The Kier molecular flexibility index (Phi) is 3.82. The third-order valence-corrected chi connectivity index (χ3v) is 4.64. The van der Waals surface area contributed by atoms with Crippen LogP contribution in [0.15, 0.2) is 28.1 Å². The summed E-state index contributed by atoms with van der Waals surface area (Å²) in [5.74, 6) is -0.674. The fourth-order valence-corrected chi connectivity index (χ4v) is 3.07. The van der Waals surface area contributed by atoms with Crippen molar-refractivity contribution in [3.63, 3.8) is 0 Å². The second kappa shape index (κ2) is 5.20.